The molecule has 0 unspecified atom stereocenters. The van der Waals surface area contributed by atoms with E-state index < -0.39 is 0 Å². The molecule has 2 N–H and O–H groups in total. The number of nitrogens with two attached hydrogens (primary N) is 1. The van der Waals surface area contributed by atoms with Crippen LogP contribution in [0, 0.1) is 0 Å². The SMILES string of the molecule is C=C/C=C(/C)C=C.CC(C)N.[HH]. The van der Waals surface area contributed by atoms with Crippen LogP contribution < -0.4 is 5.73 Å². The summed E-state index contributed by atoms with van der Waals surface area (Å²) in [5.74, 6) is 0. The molecule has 0 heterocycles. The molecule has 0 saturated heterocycles. The zero-order chi connectivity index (χ0) is 9.28. The molecule has 0 aliphatic carbocycles. The van der Waals surface area contributed by atoms with Crippen molar-refractivity contribution in [3.05, 3.63) is 37.0 Å². The molecule has 0 atom stereocenters. The summed E-state index contributed by atoms with van der Waals surface area (Å²) >= 11 is 0. The molecule has 0 aromatic rings. The van der Waals surface area contributed by atoms with Gasteiger partial charge in [-0.3, -0.25) is 0 Å². The van der Waals surface area contributed by atoms with Crippen molar-refractivity contribution in [1.82, 2.24) is 0 Å². The summed E-state index contributed by atoms with van der Waals surface area (Å²) in [6.45, 7) is 13.0. The maximum absolute atomic E-state index is 5.11. The van der Waals surface area contributed by atoms with Crippen molar-refractivity contribution in [2.75, 3.05) is 0 Å². The van der Waals surface area contributed by atoms with Crippen LogP contribution in [-0.4, -0.2) is 6.04 Å². The Balaban J connectivity index is -0.000000142. The van der Waals surface area contributed by atoms with Gasteiger partial charge in [-0.05, 0) is 13.0 Å². The second-order valence-electron chi connectivity index (χ2n) is 2.59. The second kappa shape index (κ2) is 9.18. The maximum Gasteiger partial charge on any atom is 0 e. The third kappa shape index (κ3) is 27.1. The smallest absolute Gasteiger partial charge is 0 e. The Morgan fingerprint density at radius 1 is 1.45 bits per heavy atom. The summed E-state index contributed by atoms with van der Waals surface area (Å²) in [5, 5.41) is 0. The summed E-state index contributed by atoms with van der Waals surface area (Å²) in [6, 6.07) is 0.333. The van der Waals surface area contributed by atoms with Gasteiger partial charge >= 0.3 is 0 Å². The molecular formula is C10H21N. The molecule has 0 bridgehead atoms. The minimum Gasteiger partial charge on any atom is -0.328 e. The van der Waals surface area contributed by atoms with Crippen molar-refractivity contribution in [2.24, 2.45) is 5.73 Å². The number of allylic oxidation sites excluding steroid dienone is 4. The lowest BCUT2D eigenvalue weighted by Gasteiger charge is -1.81. The Hall–Kier alpha value is -0.820. The fourth-order valence-electron chi connectivity index (χ4n) is 0.254. The van der Waals surface area contributed by atoms with E-state index in [1.54, 1.807) is 12.2 Å². The first-order valence-electron chi connectivity index (χ1n) is 3.72. The predicted molar refractivity (Wildman–Crippen MR) is 55.6 cm³/mol. The molecular weight excluding hydrogens is 134 g/mol. The Morgan fingerprint density at radius 2 is 1.82 bits per heavy atom. The van der Waals surface area contributed by atoms with Gasteiger partial charge in [0.1, 0.15) is 0 Å². The highest BCUT2D eigenvalue weighted by Crippen LogP contribution is 1.90. The molecule has 11 heavy (non-hydrogen) atoms. The molecule has 1 heteroatoms. The molecule has 0 rings (SSSR count). The van der Waals surface area contributed by atoms with E-state index in [1.165, 1.54) is 0 Å². The molecule has 0 aliphatic rings. The summed E-state index contributed by atoms with van der Waals surface area (Å²) in [6.07, 6.45) is 5.45. The largest absolute Gasteiger partial charge is 0.328 e. The Kier molecular flexibility index (Phi) is 10.7. The molecule has 0 aliphatic heterocycles. The number of hydrogen-bond acceptors (Lipinski definition) is 1. The summed E-state index contributed by atoms with van der Waals surface area (Å²) in [4.78, 5) is 0. The van der Waals surface area contributed by atoms with Gasteiger partial charge in [0, 0.05) is 1.43 Å². The zero-order valence-corrected chi connectivity index (χ0v) is 7.80. The van der Waals surface area contributed by atoms with E-state index in [2.05, 4.69) is 13.2 Å². The average molecular weight is 155 g/mol. The first-order chi connectivity index (χ1) is 5.04. The molecule has 0 fully saturated rings. The van der Waals surface area contributed by atoms with E-state index in [0.717, 1.165) is 5.57 Å². The van der Waals surface area contributed by atoms with Crippen molar-refractivity contribution in [1.29, 1.82) is 0 Å². The van der Waals surface area contributed by atoms with E-state index in [0.29, 0.717) is 6.04 Å². The van der Waals surface area contributed by atoms with Crippen LogP contribution in [0.2, 0.25) is 0 Å². The van der Waals surface area contributed by atoms with E-state index in [1.807, 2.05) is 26.8 Å². The van der Waals surface area contributed by atoms with Crippen molar-refractivity contribution < 1.29 is 1.43 Å². The van der Waals surface area contributed by atoms with E-state index in [9.17, 15) is 0 Å². The lowest BCUT2D eigenvalue weighted by Crippen LogP contribution is -2.06. The third-order valence-electron chi connectivity index (χ3n) is 0.703. The van der Waals surface area contributed by atoms with Crippen LogP contribution in [0.1, 0.15) is 22.2 Å². The molecule has 0 radical (unpaired) electrons. The molecule has 1 nitrogen and oxygen atoms in total. The summed E-state index contributed by atoms with van der Waals surface area (Å²) in [7, 11) is 0. The number of rotatable bonds is 2. The monoisotopic (exact) mass is 155 g/mol. The van der Waals surface area contributed by atoms with Crippen molar-refractivity contribution in [2.45, 2.75) is 26.8 Å². The van der Waals surface area contributed by atoms with Crippen LogP contribution in [0.15, 0.2) is 37.0 Å². The molecule has 0 aromatic heterocycles. The molecule has 0 saturated carbocycles. The van der Waals surface area contributed by atoms with Crippen LogP contribution in [0.25, 0.3) is 0 Å². The van der Waals surface area contributed by atoms with Gasteiger partial charge < -0.3 is 5.73 Å². The van der Waals surface area contributed by atoms with Crippen molar-refractivity contribution in [3.63, 3.8) is 0 Å². The lowest BCUT2D eigenvalue weighted by molar-refractivity contribution is 0.834. The first-order valence-corrected chi connectivity index (χ1v) is 3.72. The van der Waals surface area contributed by atoms with Gasteiger partial charge in [0.15, 0.2) is 0 Å². The van der Waals surface area contributed by atoms with Gasteiger partial charge in [0.25, 0.3) is 0 Å². The molecule has 0 amide bonds. The maximum atomic E-state index is 5.11. The summed E-state index contributed by atoms with van der Waals surface area (Å²) < 4.78 is 0. The first kappa shape index (κ1) is 12.8. The summed E-state index contributed by atoms with van der Waals surface area (Å²) in [5.41, 5.74) is 6.26. The van der Waals surface area contributed by atoms with Gasteiger partial charge in [0.2, 0.25) is 0 Å². The Bertz CT molecular complexity index is 134. The topological polar surface area (TPSA) is 26.0 Å². The van der Waals surface area contributed by atoms with Gasteiger partial charge in [-0.2, -0.15) is 0 Å². The second-order valence-corrected chi connectivity index (χ2v) is 2.59. The standard InChI is InChI=1S/C7H10.C3H9N.H2/c1-4-6-7(3)5-2;1-3(2)4;/h4-6H,1-2H2,3H3;3H,4H2,1-2H3;1H/b7-6-;;. The van der Waals surface area contributed by atoms with E-state index in [-0.39, 0.29) is 1.43 Å². The highest BCUT2D eigenvalue weighted by Gasteiger charge is 1.69. The normalized spacial score (nSPS) is 10.1. The van der Waals surface area contributed by atoms with E-state index in [4.69, 9.17) is 5.73 Å². The van der Waals surface area contributed by atoms with Crippen LogP contribution in [0.4, 0.5) is 0 Å². The highest BCUT2D eigenvalue weighted by molar-refractivity contribution is 5.17. The molecule has 0 aromatic carbocycles. The van der Waals surface area contributed by atoms with Crippen LogP contribution in [0.5, 0.6) is 0 Å². The van der Waals surface area contributed by atoms with Gasteiger partial charge in [0.05, 0.1) is 0 Å². The van der Waals surface area contributed by atoms with Gasteiger partial charge in [-0.25, -0.2) is 0 Å². The molecule has 66 valence electrons. The minimum absolute atomic E-state index is 0. The van der Waals surface area contributed by atoms with Crippen LogP contribution in [-0.2, 0) is 0 Å². The highest BCUT2D eigenvalue weighted by atomic mass is 14.6. The Morgan fingerprint density at radius 3 is 1.91 bits per heavy atom. The Labute approximate surface area is 71.8 Å². The quantitative estimate of drug-likeness (QED) is 0.610. The van der Waals surface area contributed by atoms with Gasteiger partial charge in [-0.1, -0.05) is 50.8 Å². The van der Waals surface area contributed by atoms with Crippen molar-refractivity contribution >= 4 is 0 Å². The van der Waals surface area contributed by atoms with Crippen molar-refractivity contribution in [3.8, 4) is 0 Å². The molecule has 0 spiro atoms. The predicted octanol–water partition coefficient (Wildman–Crippen LogP) is 2.90. The van der Waals surface area contributed by atoms with Crippen LogP contribution >= 0.6 is 0 Å². The fraction of sp³-hybridized carbons (Fsp3) is 0.400. The average Bonchev–Trinajstić information content (AvgIpc) is 1.87. The third-order valence-corrected chi connectivity index (χ3v) is 0.703. The zero-order valence-electron chi connectivity index (χ0n) is 7.80. The van der Waals surface area contributed by atoms with Gasteiger partial charge in [-0.15, -0.1) is 0 Å². The number of hydrogen-bond donors (Lipinski definition) is 1. The fourth-order valence-corrected chi connectivity index (χ4v) is 0.254. The van der Waals surface area contributed by atoms with E-state index >= 15 is 0 Å². The van der Waals surface area contributed by atoms with Crippen LogP contribution in [0.3, 0.4) is 0 Å². The minimum atomic E-state index is 0. The lowest BCUT2D eigenvalue weighted by atomic mass is 10.3.